The van der Waals surface area contributed by atoms with Crippen LogP contribution >= 0.6 is 15.9 Å². The van der Waals surface area contributed by atoms with Gasteiger partial charge in [-0.15, -0.1) is 0 Å². The number of nitrogens with zero attached hydrogens (tertiary/aromatic N) is 2. The lowest BCUT2D eigenvalue weighted by molar-refractivity contribution is 0.105. The van der Waals surface area contributed by atoms with Crippen molar-refractivity contribution in [2.75, 3.05) is 18.5 Å². The third-order valence-corrected chi connectivity index (χ3v) is 3.59. The maximum absolute atomic E-state index is 14.0. The molecular formula is C14H13BrF3N3O2. The van der Waals surface area contributed by atoms with Gasteiger partial charge >= 0.3 is 0 Å². The van der Waals surface area contributed by atoms with Gasteiger partial charge in [-0.25, -0.2) is 23.1 Å². The zero-order valence-corrected chi connectivity index (χ0v) is 13.5. The predicted molar refractivity (Wildman–Crippen MR) is 81.4 cm³/mol. The molecule has 0 unspecified atom stereocenters. The number of rotatable bonds is 5. The van der Waals surface area contributed by atoms with Crippen LogP contribution in [0.4, 0.5) is 19.0 Å². The van der Waals surface area contributed by atoms with E-state index < -0.39 is 30.2 Å². The van der Waals surface area contributed by atoms with E-state index in [0.29, 0.717) is 0 Å². The lowest BCUT2D eigenvalue weighted by atomic mass is 10.2. The van der Waals surface area contributed by atoms with Gasteiger partial charge in [0.05, 0.1) is 28.4 Å². The van der Waals surface area contributed by atoms with E-state index in [-0.39, 0.29) is 33.9 Å². The van der Waals surface area contributed by atoms with Crippen molar-refractivity contribution in [1.29, 1.82) is 0 Å². The number of aliphatic hydroxyl groups excluding tert-OH is 2. The molecule has 124 valence electrons. The molecule has 0 amide bonds. The topological polar surface area (TPSA) is 78.3 Å². The van der Waals surface area contributed by atoms with Crippen LogP contribution in [0.15, 0.2) is 16.6 Å². The zero-order chi connectivity index (χ0) is 17.1. The fraction of sp³-hybridized carbons (Fsp3) is 0.286. The van der Waals surface area contributed by atoms with Gasteiger partial charge in [0.25, 0.3) is 0 Å². The van der Waals surface area contributed by atoms with Gasteiger partial charge in [-0.05, 0) is 35.0 Å². The van der Waals surface area contributed by atoms with E-state index in [1.165, 1.54) is 6.92 Å². The van der Waals surface area contributed by atoms with Crippen LogP contribution in [0, 0.1) is 24.4 Å². The molecule has 23 heavy (non-hydrogen) atoms. The molecule has 0 aliphatic rings. The molecule has 5 nitrogen and oxygen atoms in total. The number of halogens is 4. The van der Waals surface area contributed by atoms with Gasteiger partial charge in [0.15, 0.2) is 17.5 Å². The Kier molecular flexibility index (Phi) is 5.55. The van der Waals surface area contributed by atoms with Gasteiger partial charge in [0, 0.05) is 6.54 Å². The first-order valence-corrected chi connectivity index (χ1v) is 7.34. The molecule has 2 rings (SSSR count). The third-order valence-electron chi connectivity index (χ3n) is 2.98. The predicted octanol–water partition coefficient (Wildman–Crippen LogP) is 2.40. The number of hydrogen-bond donors (Lipinski definition) is 3. The van der Waals surface area contributed by atoms with Gasteiger partial charge in [0.1, 0.15) is 11.6 Å². The molecule has 0 fully saturated rings. The van der Waals surface area contributed by atoms with Crippen molar-refractivity contribution in [3.63, 3.8) is 0 Å². The van der Waals surface area contributed by atoms with Crippen LogP contribution in [-0.4, -0.2) is 39.4 Å². The lowest BCUT2D eigenvalue weighted by Gasteiger charge is -2.13. The van der Waals surface area contributed by atoms with Gasteiger partial charge in [-0.3, -0.25) is 0 Å². The molecule has 0 saturated heterocycles. The minimum absolute atomic E-state index is 0.0537. The number of anilines is 1. The molecule has 0 spiro atoms. The van der Waals surface area contributed by atoms with E-state index in [0.717, 1.165) is 12.1 Å². The van der Waals surface area contributed by atoms with Crippen LogP contribution in [0.1, 0.15) is 5.69 Å². The fourth-order valence-corrected chi connectivity index (χ4v) is 2.09. The molecule has 0 aliphatic heterocycles. The molecule has 1 aromatic carbocycles. The number of aromatic nitrogens is 2. The number of hydrogen-bond acceptors (Lipinski definition) is 5. The number of aryl methyl sites for hydroxylation is 1. The quantitative estimate of drug-likeness (QED) is 0.682. The molecular weight excluding hydrogens is 379 g/mol. The SMILES string of the molecule is Cc1nc(-c2cc(F)c(Br)cc2F)nc(NC[C@@H](O)CO)c1F. The molecule has 1 heterocycles. The maximum Gasteiger partial charge on any atom is 0.186 e. The van der Waals surface area contributed by atoms with E-state index in [4.69, 9.17) is 5.11 Å². The average molecular weight is 392 g/mol. The first-order valence-electron chi connectivity index (χ1n) is 6.55. The normalized spacial score (nSPS) is 12.3. The first-order chi connectivity index (χ1) is 10.8. The van der Waals surface area contributed by atoms with Gasteiger partial charge < -0.3 is 15.5 Å². The van der Waals surface area contributed by atoms with Crippen LogP contribution in [-0.2, 0) is 0 Å². The Labute approximate surface area is 138 Å². The zero-order valence-electron chi connectivity index (χ0n) is 11.9. The molecule has 2 aromatic rings. The summed E-state index contributed by atoms with van der Waals surface area (Å²) in [6.45, 7) is 0.667. The van der Waals surface area contributed by atoms with Crippen LogP contribution in [0.25, 0.3) is 11.4 Å². The van der Waals surface area contributed by atoms with Crippen LogP contribution in [0.3, 0.4) is 0 Å². The lowest BCUT2D eigenvalue weighted by Crippen LogP contribution is -2.24. The summed E-state index contributed by atoms with van der Waals surface area (Å²) in [5.74, 6) is -2.74. The summed E-state index contributed by atoms with van der Waals surface area (Å²) >= 11 is 2.86. The Morgan fingerprint density at radius 3 is 2.57 bits per heavy atom. The summed E-state index contributed by atoms with van der Waals surface area (Å²) in [6.07, 6.45) is -1.12. The fourth-order valence-electron chi connectivity index (χ4n) is 1.77. The molecule has 1 atom stereocenters. The van der Waals surface area contributed by atoms with E-state index in [1.54, 1.807) is 0 Å². The molecule has 0 radical (unpaired) electrons. The molecule has 0 aliphatic carbocycles. The standard InChI is InChI=1S/C14H13BrF3N3O2/c1-6-12(18)14(19-4-7(23)5-22)21-13(20-6)8-2-11(17)9(15)3-10(8)16/h2-3,7,22-23H,4-5H2,1H3,(H,19,20,21)/t7-/m1/s1. The number of nitrogens with one attached hydrogen (secondary N) is 1. The highest BCUT2D eigenvalue weighted by Crippen LogP contribution is 2.27. The Morgan fingerprint density at radius 2 is 1.91 bits per heavy atom. The summed E-state index contributed by atoms with van der Waals surface area (Å²) in [7, 11) is 0. The summed E-state index contributed by atoms with van der Waals surface area (Å²) in [5.41, 5.74) is -0.293. The molecule has 3 N–H and O–H groups in total. The Morgan fingerprint density at radius 1 is 1.22 bits per heavy atom. The molecule has 9 heteroatoms. The van der Waals surface area contributed by atoms with Gasteiger partial charge in [0.2, 0.25) is 0 Å². The summed E-state index contributed by atoms with van der Waals surface area (Å²) < 4.78 is 41.5. The molecule has 0 bridgehead atoms. The van der Waals surface area contributed by atoms with Crippen molar-refractivity contribution in [1.82, 2.24) is 9.97 Å². The van der Waals surface area contributed by atoms with Gasteiger partial charge in [-0.2, -0.15) is 0 Å². The Bertz CT molecular complexity index is 731. The largest absolute Gasteiger partial charge is 0.394 e. The van der Waals surface area contributed by atoms with Crippen LogP contribution in [0.5, 0.6) is 0 Å². The minimum Gasteiger partial charge on any atom is -0.394 e. The summed E-state index contributed by atoms with van der Waals surface area (Å²) in [4.78, 5) is 7.65. The van der Waals surface area contributed by atoms with Crippen molar-refractivity contribution >= 4 is 21.7 Å². The highest BCUT2D eigenvalue weighted by Gasteiger charge is 2.17. The molecule has 0 saturated carbocycles. The summed E-state index contributed by atoms with van der Waals surface area (Å²) in [5, 5.41) is 20.5. The second kappa shape index (κ2) is 7.24. The highest BCUT2D eigenvalue weighted by molar-refractivity contribution is 9.10. The van der Waals surface area contributed by atoms with E-state index in [9.17, 15) is 18.3 Å². The minimum atomic E-state index is -1.12. The van der Waals surface area contributed by atoms with E-state index in [1.807, 2.05) is 0 Å². The molecule has 1 aromatic heterocycles. The summed E-state index contributed by atoms with van der Waals surface area (Å²) in [6, 6.07) is 1.83. The smallest absolute Gasteiger partial charge is 0.186 e. The van der Waals surface area contributed by atoms with E-state index >= 15 is 0 Å². The first kappa shape index (κ1) is 17.6. The average Bonchev–Trinajstić information content (AvgIpc) is 2.51. The second-order valence-electron chi connectivity index (χ2n) is 4.76. The number of benzene rings is 1. The number of aliphatic hydroxyl groups is 2. The monoisotopic (exact) mass is 391 g/mol. The highest BCUT2D eigenvalue weighted by atomic mass is 79.9. The van der Waals surface area contributed by atoms with Gasteiger partial charge in [-0.1, -0.05) is 0 Å². The second-order valence-corrected chi connectivity index (χ2v) is 5.61. The van der Waals surface area contributed by atoms with Crippen molar-refractivity contribution in [3.05, 3.63) is 39.8 Å². The maximum atomic E-state index is 14.0. The van der Waals surface area contributed by atoms with E-state index in [2.05, 4.69) is 31.2 Å². The van der Waals surface area contributed by atoms with Crippen molar-refractivity contribution in [2.45, 2.75) is 13.0 Å². The van der Waals surface area contributed by atoms with Crippen LogP contribution in [0.2, 0.25) is 0 Å². The van der Waals surface area contributed by atoms with Crippen molar-refractivity contribution in [3.8, 4) is 11.4 Å². The van der Waals surface area contributed by atoms with Crippen molar-refractivity contribution < 1.29 is 23.4 Å². The Hall–Kier alpha value is -1.71. The Balaban J connectivity index is 2.44. The van der Waals surface area contributed by atoms with Crippen molar-refractivity contribution in [2.24, 2.45) is 0 Å². The third kappa shape index (κ3) is 3.98. The van der Waals surface area contributed by atoms with Crippen LogP contribution < -0.4 is 5.32 Å².